The summed E-state index contributed by atoms with van der Waals surface area (Å²) in [5.41, 5.74) is 0.386. The van der Waals surface area contributed by atoms with Gasteiger partial charge >= 0.3 is 5.97 Å². The highest BCUT2D eigenvalue weighted by atomic mass is 16.5. The molecule has 1 N–H and O–H groups in total. The van der Waals surface area contributed by atoms with Gasteiger partial charge in [-0.2, -0.15) is 0 Å². The number of hydrogen-bond donors (Lipinski definition) is 1. The second kappa shape index (κ2) is 6.33. The molecule has 3 rings (SSSR count). The first-order valence-electron chi connectivity index (χ1n) is 7.85. The lowest BCUT2D eigenvalue weighted by atomic mass is 9.78. The number of likely N-dealkylation sites (tertiary alicyclic amines) is 1. The summed E-state index contributed by atoms with van der Waals surface area (Å²) in [4.78, 5) is 28.9. The fraction of sp³-hybridized carbons (Fsp3) is 0.625. The molecule has 5 nitrogen and oxygen atoms in total. The standard InChI is InChI=1S/C16H22N2O3/c19-15(11-21-16(20)13-7-3-9-17-13)18-10-4-6-12-5-1-2-8-14(12)18/h3,7,9,12,14,17H,1-2,4-6,8,10-11H2/t12-,14-/m1/s1. The number of aromatic nitrogens is 1. The van der Waals surface area contributed by atoms with Gasteiger partial charge in [0.15, 0.2) is 6.61 Å². The van der Waals surface area contributed by atoms with Gasteiger partial charge in [-0.15, -0.1) is 0 Å². The molecule has 0 aromatic carbocycles. The van der Waals surface area contributed by atoms with E-state index in [0.717, 1.165) is 19.4 Å². The molecule has 1 saturated carbocycles. The Labute approximate surface area is 124 Å². The van der Waals surface area contributed by atoms with Gasteiger partial charge in [-0.25, -0.2) is 4.79 Å². The van der Waals surface area contributed by atoms with Crippen molar-refractivity contribution in [1.29, 1.82) is 0 Å². The van der Waals surface area contributed by atoms with Crippen LogP contribution in [0.25, 0.3) is 0 Å². The molecule has 2 fully saturated rings. The summed E-state index contributed by atoms with van der Waals surface area (Å²) in [5.74, 6) is 0.132. The van der Waals surface area contributed by atoms with E-state index in [4.69, 9.17) is 4.74 Å². The molecular weight excluding hydrogens is 268 g/mol. The number of rotatable bonds is 3. The second-order valence-electron chi connectivity index (χ2n) is 6.00. The molecule has 5 heteroatoms. The maximum atomic E-state index is 12.4. The van der Waals surface area contributed by atoms with E-state index in [9.17, 15) is 9.59 Å². The Morgan fingerprint density at radius 3 is 2.86 bits per heavy atom. The zero-order valence-electron chi connectivity index (χ0n) is 12.2. The van der Waals surface area contributed by atoms with Gasteiger partial charge in [-0.05, 0) is 43.7 Å². The van der Waals surface area contributed by atoms with Crippen LogP contribution in [-0.4, -0.2) is 41.0 Å². The third-order valence-electron chi connectivity index (χ3n) is 4.71. The SMILES string of the molecule is O=C(OCC(=O)N1CCC[C@H]2CCCC[C@H]21)c1ccc[nH]1. The molecule has 1 aromatic heterocycles. The summed E-state index contributed by atoms with van der Waals surface area (Å²) in [5, 5.41) is 0. The first kappa shape index (κ1) is 14.2. The van der Waals surface area contributed by atoms with Crippen LogP contribution in [0.2, 0.25) is 0 Å². The van der Waals surface area contributed by atoms with Crippen molar-refractivity contribution < 1.29 is 14.3 Å². The molecule has 2 aliphatic rings. The number of carbonyl (C=O) groups excluding carboxylic acids is 2. The van der Waals surface area contributed by atoms with Gasteiger partial charge in [0.2, 0.25) is 0 Å². The fourth-order valence-electron chi connectivity index (χ4n) is 3.68. The average molecular weight is 290 g/mol. The van der Waals surface area contributed by atoms with Crippen LogP contribution in [0, 0.1) is 5.92 Å². The minimum Gasteiger partial charge on any atom is -0.451 e. The lowest BCUT2D eigenvalue weighted by Gasteiger charge is -2.44. The van der Waals surface area contributed by atoms with Crippen LogP contribution in [0.4, 0.5) is 0 Å². The Hall–Kier alpha value is -1.78. The molecule has 0 unspecified atom stereocenters. The van der Waals surface area contributed by atoms with Crippen LogP contribution >= 0.6 is 0 Å². The zero-order valence-corrected chi connectivity index (χ0v) is 12.2. The number of carbonyl (C=O) groups is 2. The first-order valence-corrected chi connectivity index (χ1v) is 7.85. The van der Waals surface area contributed by atoms with E-state index in [1.807, 2.05) is 4.90 Å². The van der Waals surface area contributed by atoms with E-state index in [1.54, 1.807) is 18.3 Å². The number of nitrogens with one attached hydrogen (secondary N) is 1. The molecule has 1 aliphatic heterocycles. The molecule has 114 valence electrons. The van der Waals surface area contributed by atoms with Crippen LogP contribution in [-0.2, 0) is 9.53 Å². The van der Waals surface area contributed by atoms with Gasteiger partial charge in [0.05, 0.1) is 0 Å². The molecule has 1 aliphatic carbocycles. The van der Waals surface area contributed by atoms with E-state index in [1.165, 1.54) is 25.7 Å². The van der Waals surface area contributed by atoms with E-state index in [-0.39, 0.29) is 12.5 Å². The highest BCUT2D eigenvalue weighted by molar-refractivity contribution is 5.89. The maximum absolute atomic E-state index is 12.4. The molecule has 1 aromatic rings. The van der Waals surface area contributed by atoms with Crippen molar-refractivity contribution in [2.75, 3.05) is 13.2 Å². The van der Waals surface area contributed by atoms with Gasteiger partial charge < -0.3 is 14.6 Å². The van der Waals surface area contributed by atoms with Crippen molar-refractivity contribution in [3.63, 3.8) is 0 Å². The van der Waals surface area contributed by atoms with Crippen molar-refractivity contribution in [3.8, 4) is 0 Å². The van der Waals surface area contributed by atoms with Crippen LogP contribution in [0.15, 0.2) is 18.3 Å². The van der Waals surface area contributed by atoms with Crippen LogP contribution in [0.3, 0.4) is 0 Å². The summed E-state index contributed by atoms with van der Waals surface area (Å²) in [6.07, 6.45) is 8.78. The molecule has 0 bridgehead atoms. The van der Waals surface area contributed by atoms with E-state index < -0.39 is 5.97 Å². The van der Waals surface area contributed by atoms with Crippen molar-refractivity contribution in [2.24, 2.45) is 5.92 Å². The molecule has 2 atom stereocenters. The highest BCUT2D eigenvalue weighted by Gasteiger charge is 2.35. The lowest BCUT2D eigenvalue weighted by Crippen LogP contribution is -2.50. The molecule has 0 radical (unpaired) electrons. The van der Waals surface area contributed by atoms with Crippen molar-refractivity contribution in [2.45, 2.75) is 44.6 Å². The van der Waals surface area contributed by atoms with Gasteiger partial charge in [0.25, 0.3) is 5.91 Å². The topological polar surface area (TPSA) is 62.4 Å². The minimum atomic E-state index is -0.467. The monoisotopic (exact) mass is 290 g/mol. The zero-order chi connectivity index (χ0) is 14.7. The third kappa shape index (κ3) is 3.12. The number of H-pyrrole nitrogens is 1. The van der Waals surface area contributed by atoms with Gasteiger partial charge in [-0.1, -0.05) is 12.8 Å². The minimum absolute atomic E-state index is 0.0495. The molecule has 1 amide bonds. The van der Waals surface area contributed by atoms with E-state index in [0.29, 0.717) is 17.7 Å². The molecular formula is C16H22N2O3. The van der Waals surface area contributed by atoms with Crippen molar-refractivity contribution in [1.82, 2.24) is 9.88 Å². The molecule has 21 heavy (non-hydrogen) atoms. The van der Waals surface area contributed by atoms with Gasteiger partial charge in [0, 0.05) is 18.8 Å². The maximum Gasteiger partial charge on any atom is 0.355 e. The van der Waals surface area contributed by atoms with Crippen LogP contribution in [0.5, 0.6) is 0 Å². The predicted molar refractivity (Wildman–Crippen MR) is 77.8 cm³/mol. The number of aromatic amines is 1. The molecule has 1 saturated heterocycles. The predicted octanol–water partition coefficient (Wildman–Crippen LogP) is 2.35. The number of fused-ring (bicyclic) bond motifs is 1. The lowest BCUT2D eigenvalue weighted by molar-refractivity contribution is -0.140. The summed E-state index contributed by atoms with van der Waals surface area (Å²) >= 11 is 0. The molecule has 2 heterocycles. The average Bonchev–Trinajstić information content (AvgIpc) is 3.06. The molecule has 0 spiro atoms. The number of ether oxygens (including phenoxy) is 1. The number of hydrogen-bond acceptors (Lipinski definition) is 3. The highest BCUT2D eigenvalue weighted by Crippen LogP contribution is 2.35. The van der Waals surface area contributed by atoms with Gasteiger partial charge in [0.1, 0.15) is 5.69 Å². The smallest absolute Gasteiger partial charge is 0.355 e. The van der Waals surface area contributed by atoms with Crippen molar-refractivity contribution >= 4 is 11.9 Å². The Morgan fingerprint density at radius 2 is 2.05 bits per heavy atom. The summed E-state index contributed by atoms with van der Waals surface area (Å²) < 4.78 is 5.12. The quantitative estimate of drug-likeness (QED) is 0.869. The normalized spacial score (nSPS) is 25.2. The number of nitrogens with zero attached hydrogens (tertiary/aromatic N) is 1. The van der Waals surface area contributed by atoms with Gasteiger partial charge in [-0.3, -0.25) is 4.79 Å². The number of esters is 1. The largest absolute Gasteiger partial charge is 0.451 e. The first-order chi connectivity index (χ1) is 10.3. The van der Waals surface area contributed by atoms with E-state index in [2.05, 4.69) is 4.98 Å². The Balaban J connectivity index is 1.55. The summed E-state index contributed by atoms with van der Waals surface area (Å²) in [7, 11) is 0. The van der Waals surface area contributed by atoms with E-state index >= 15 is 0 Å². The third-order valence-corrected chi connectivity index (χ3v) is 4.71. The summed E-state index contributed by atoms with van der Waals surface area (Å²) in [6.45, 7) is 0.654. The van der Waals surface area contributed by atoms with Crippen molar-refractivity contribution in [3.05, 3.63) is 24.0 Å². The number of amides is 1. The van der Waals surface area contributed by atoms with Crippen LogP contribution in [0.1, 0.15) is 49.0 Å². The van der Waals surface area contributed by atoms with Crippen LogP contribution < -0.4 is 0 Å². The summed E-state index contributed by atoms with van der Waals surface area (Å²) in [6, 6.07) is 3.74. The Bertz CT molecular complexity index is 496. The Morgan fingerprint density at radius 1 is 1.24 bits per heavy atom. The number of piperidine rings is 1. The second-order valence-corrected chi connectivity index (χ2v) is 6.00. The Kier molecular flexibility index (Phi) is 4.27. The fourth-order valence-corrected chi connectivity index (χ4v) is 3.68.